The third-order valence-corrected chi connectivity index (χ3v) is 6.68. The predicted octanol–water partition coefficient (Wildman–Crippen LogP) is 2.40. The van der Waals surface area contributed by atoms with E-state index < -0.39 is 29.8 Å². The topological polar surface area (TPSA) is 125 Å². The number of rotatable bonds is 5. The summed E-state index contributed by atoms with van der Waals surface area (Å²) >= 11 is 0. The van der Waals surface area contributed by atoms with Gasteiger partial charge in [-0.25, -0.2) is 4.79 Å². The van der Waals surface area contributed by atoms with Gasteiger partial charge in [0.05, 0.1) is 12.7 Å². The molecule has 2 aliphatic heterocycles. The quantitative estimate of drug-likeness (QED) is 0.636. The fourth-order valence-electron chi connectivity index (χ4n) is 5.19. The third kappa shape index (κ3) is 3.46. The van der Waals surface area contributed by atoms with E-state index in [1.165, 1.54) is 4.90 Å². The highest BCUT2D eigenvalue weighted by atomic mass is 16.5. The molecule has 2 aromatic carbocycles. The number of carbonyl (C=O) groups is 4. The van der Waals surface area contributed by atoms with Crippen molar-refractivity contribution in [3.63, 3.8) is 0 Å². The van der Waals surface area contributed by atoms with Crippen molar-refractivity contribution in [2.75, 3.05) is 18.6 Å². The fourth-order valence-corrected chi connectivity index (χ4v) is 5.19. The largest absolute Gasteiger partial charge is 0.465 e. The second-order valence-corrected chi connectivity index (χ2v) is 8.71. The number of allylic oxidation sites excluding steroid dienone is 1. The number of Topliss-reactive ketones (excluding diaryl/α,β-unsaturated/α-hetero) is 1. The minimum absolute atomic E-state index is 0.0381. The lowest BCUT2D eigenvalue weighted by Crippen LogP contribution is -2.52. The highest BCUT2D eigenvalue weighted by Gasteiger charge is 2.63. The summed E-state index contributed by atoms with van der Waals surface area (Å²) in [7, 11) is 1.16. The molecule has 0 bridgehead atoms. The molecule has 1 spiro atoms. The second kappa shape index (κ2) is 8.99. The van der Waals surface area contributed by atoms with Crippen molar-refractivity contribution in [2.24, 2.45) is 5.73 Å². The SMILES string of the molecule is COC(=O)C1=C(N)OC2=C(C(=O)CCC2)C12C(=O)N(CC(=O)OCc1ccccc1)c1ccccc12. The van der Waals surface area contributed by atoms with E-state index in [4.69, 9.17) is 19.9 Å². The van der Waals surface area contributed by atoms with Gasteiger partial charge in [0, 0.05) is 24.1 Å². The van der Waals surface area contributed by atoms with Crippen LogP contribution < -0.4 is 10.6 Å². The van der Waals surface area contributed by atoms with Crippen LogP contribution in [0, 0.1) is 0 Å². The van der Waals surface area contributed by atoms with Crippen LogP contribution in [0.5, 0.6) is 0 Å². The Hall–Kier alpha value is -4.40. The second-order valence-electron chi connectivity index (χ2n) is 8.71. The molecule has 0 saturated heterocycles. The zero-order valence-electron chi connectivity index (χ0n) is 19.6. The Bertz CT molecular complexity index is 1340. The van der Waals surface area contributed by atoms with Crippen LogP contribution in [0.2, 0.25) is 0 Å². The lowest BCUT2D eigenvalue weighted by atomic mass is 9.64. The molecule has 0 fully saturated rings. The van der Waals surface area contributed by atoms with Crippen molar-refractivity contribution >= 4 is 29.3 Å². The van der Waals surface area contributed by atoms with E-state index in [-0.39, 0.29) is 41.6 Å². The van der Waals surface area contributed by atoms with Crippen molar-refractivity contribution < 1.29 is 33.4 Å². The summed E-state index contributed by atoms with van der Waals surface area (Å²) in [4.78, 5) is 54.7. The van der Waals surface area contributed by atoms with E-state index in [0.717, 1.165) is 12.7 Å². The van der Waals surface area contributed by atoms with Gasteiger partial charge in [-0.1, -0.05) is 48.5 Å². The van der Waals surface area contributed by atoms with Crippen molar-refractivity contribution in [1.82, 2.24) is 0 Å². The molecule has 0 radical (unpaired) electrons. The average Bonchev–Trinajstić information content (AvgIpc) is 3.11. The number of ether oxygens (including phenoxy) is 3. The summed E-state index contributed by atoms with van der Waals surface area (Å²) in [5.74, 6) is -2.56. The highest BCUT2D eigenvalue weighted by Crippen LogP contribution is 2.56. The zero-order chi connectivity index (χ0) is 25.4. The van der Waals surface area contributed by atoms with E-state index in [2.05, 4.69) is 0 Å². The molecule has 1 unspecified atom stereocenters. The summed E-state index contributed by atoms with van der Waals surface area (Å²) in [5.41, 5.74) is 5.65. The molecule has 2 N–H and O–H groups in total. The maximum Gasteiger partial charge on any atom is 0.340 e. The van der Waals surface area contributed by atoms with Gasteiger partial charge in [0.15, 0.2) is 5.78 Å². The standard InChI is InChI=1S/C27H24N2O7/c1-34-25(32)23-24(28)36-20-13-7-12-19(30)22(20)27(23)17-10-5-6-11-18(17)29(26(27)33)14-21(31)35-15-16-8-3-2-4-9-16/h2-6,8-11H,7,12-15,28H2,1H3. The molecule has 9 nitrogen and oxygen atoms in total. The molecule has 0 aromatic heterocycles. The number of hydrogen-bond donors (Lipinski definition) is 1. The first-order chi connectivity index (χ1) is 17.4. The number of ketones is 1. The van der Waals surface area contributed by atoms with Crippen LogP contribution in [0.3, 0.4) is 0 Å². The number of anilines is 1. The lowest BCUT2D eigenvalue weighted by molar-refractivity contribution is -0.144. The third-order valence-electron chi connectivity index (χ3n) is 6.68. The van der Waals surface area contributed by atoms with Crippen LogP contribution in [0.4, 0.5) is 5.69 Å². The number of benzene rings is 2. The lowest BCUT2D eigenvalue weighted by Gasteiger charge is -2.38. The summed E-state index contributed by atoms with van der Waals surface area (Å²) in [6.45, 7) is -0.382. The molecule has 0 saturated carbocycles. The number of nitrogens with zero attached hydrogens (tertiary/aromatic N) is 1. The summed E-state index contributed by atoms with van der Waals surface area (Å²) in [6, 6.07) is 15.9. The zero-order valence-corrected chi connectivity index (χ0v) is 19.6. The molecule has 5 rings (SSSR count). The van der Waals surface area contributed by atoms with Crippen LogP contribution in [0.1, 0.15) is 30.4 Å². The van der Waals surface area contributed by atoms with E-state index in [9.17, 15) is 19.2 Å². The van der Waals surface area contributed by atoms with Gasteiger partial charge < -0.3 is 19.9 Å². The van der Waals surface area contributed by atoms with Gasteiger partial charge in [-0.05, 0) is 18.1 Å². The maximum absolute atomic E-state index is 14.3. The monoisotopic (exact) mass is 488 g/mol. The Balaban J connectivity index is 1.60. The van der Waals surface area contributed by atoms with Crippen LogP contribution in [0.15, 0.2) is 77.4 Å². The van der Waals surface area contributed by atoms with Crippen molar-refractivity contribution in [3.8, 4) is 0 Å². The van der Waals surface area contributed by atoms with Crippen LogP contribution in [0.25, 0.3) is 0 Å². The van der Waals surface area contributed by atoms with Crippen molar-refractivity contribution in [3.05, 3.63) is 88.5 Å². The number of para-hydroxylation sites is 1. The van der Waals surface area contributed by atoms with Crippen LogP contribution in [-0.2, 0) is 45.4 Å². The predicted molar refractivity (Wildman–Crippen MR) is 127 cm³/mol. The van der Waals surface area contributed by atoms with Gasteiger partial charge in [0.25, 0.3) is 0 Å². The molecular weight excluding hydrogens is 464 g/mol. The van der Waals surface area contributed by atoms with Gasteiger partial charge in [-0.3, -0.25) is 19.3 Å². The fraction of sp³-hybridized carbons (Fsp3) is 0.259. The number of nitrogens with two attached hydrogens (primary N) is 1. The maximum atomic E-state index is 14.3. The molecule has 2 heterocycles. The Morgan fingerprint density at radius 2 is 1.78 bits per heavy atom. The van der Waals surface area contributed by atoms with E-state index >= 15 is 0 Å². The molecular formula is C27H24N2O7. The first kappa shape index (κ1) is 23.3. The van der Waals surface area contributed by atoms with Gasteiger partial charge in [-0.15, -0.1) is 0 Å². The van der Waals surface area contributed by atoms with E-state index in [1.807, 2.05) is 30.3 Å². The minimum Gasteiger partial charge on any atom is -0.465 e. The Morgan fingerprint density at radius 3 is 2.53 bits per heavy atom. The molecule has 3 aliphatic rings. The molecule has 36 heavy (non-hydrogen) atoms. The minimum atomic E-state index is -1.88. The first-order valence-electron chi connectivity index (χ1n) is 11.5. The molecule has 2 aromatic rings. The number of carbonyl (C=O) groups excluding carboxylic acids is 4. The van der Waals surface area contributed by atoms with Crippen LogP contribution >= 0.6 is 0 Å². The average molecular weight is 488 g/mol. The van der Waals surface area contributed by atoms with Crippen molar-refractivity contribution in [1.29, 1.82) is 0 Å². The Labute approximate surface area is 207 Å². The van der Waals surface area contributed by atoms with Gasteiger partial charge in [-0.2, -0.15) is 0 Å². The van der Waals surface area contributed by atoms with Crippen LogP contribution in [-0.4, -0.2) is 37.3 Å². The first-order valence-corrected chi connectivity index (χ1v) is 11.5. The highest BCUT2D eigenvalue weighted by molar-refractivity contribution is 6.24. The number of amides is 1. The van der Waals surface area contributed by atoms with Gasteiger partial charge in [0.1, 0.15) is 29.9 Å². The van der Waals surface area contributed by atoms with Crippen molar-refractivity contribution in [2.45, 2.75) is 31.3 Å². The summed E-state index contributed by atoms with van der Waals surface area (Å²) in [6.07, 6.45) is 1.10. The number of methoxy groups -OCH3 is 1. The number of esters is 2. The smallest absolute Gasteiger partial charge is 0.340 e. The Morgan fingerprint density at radius 1 is 1.06 bits per heavy atom. The molecule has 184 valence electrons. The van der Waals surface area contributed by atoms with E-state index in [1.54, 1.807) is 24.3 Å². The number of hydrogen-bond acceptors (Lipinski definition) is 8. The molecule has 1 atom stereocenters. The molecule has 1 amide bonds. The number of fused-ring (bicyclic) bond motifs is 3. The Kier molecular flexibility index (Phi) is 5.83. The summed E-state index contributed by atoms with van der Waals surface area (Å²) < 4.78 is 16.1. The van der Waals surface area contributed by atoms with Gasteiger partial charge >= 0.3 is 11.9 Å². The summed E-state index contributed by atoms with van der Waals surface area (Å²) in [5, 5.41) is 0. The van der Waals surface area contributed by atoms with E-state index in [0.29, 0.717) is 24.1 Å². The van der Waals surface area contributed by atoms with Gasteiger partial charge in [0.2, 0.25) is 11.8 Å². The molecule has 9 heteroatoms. The normalized spacial score (nSPS) is 20.8. The molecule has 1 aliphatic carbocycles.